The number of carbonyl (C=O) groups excluding carboxylic acids is 1. The van der Waals surface area contributed by atoms with Crippen LogP contribution < -0.4 is 11.1 Å². The van der Waals surface area contributed by atoms with E-state index in [1.165, 1.54) is 0 Å². The molecule has 1 saturated heterocycles. The van der Waals surface area contributed by atoms with Crippen LogP contribution in [-0.4, -0.2) is 31.2 Å². The second-order valence-corrected chi connectivity index (χ2v) is 4.15. The Balaban J connectivity index is 2.19. The topological polar surface area (TPSA) is 64.4 Å². The van der Waals surface area contributed by atoms with E-state index < -0.39 is 6.04 Å². The summed E-state index contributed by atoms with van der Waals surface area (Å²) < 4.78 is 5.39. The number of nitrogens with two attached hydrogens (primary N) is 1. The summed E-state index contributed by atoms with van der Waals surface area (Å²) in [6, 6.07) is -0.406. The molecule has 2 atom stereocenters. The van der Waals surface area contributed by atoms with Gasteiger partial charge in [-0.2, -0.15) is 0 Å². The Bertz CT molecular complexity index is 189. The van der Waals surface area contributed by atoms with Crippen LogP contribution in [0.25, 0.3) is 0 Å². The van der Waals surface area contributed by atoms with Gasteiger partial charge in [0.25, 0.3) is 0 Å². The van der Waals surface area contributed by atoms with E-state index in [1.54, 1.807) is 0 Å². The molecule has 1 unspecified atom stereocenters. The van der Waals surface area contributed by atoms with Gasteiger partial charge in [-0.15, -0.1) is 0 Å². The molecule has 1 aliphatic heterocycles. The smallest absolute Gasteiger partial charge is 0.237 e. The van der Waals surface area contributed by atoms with Crippen molar-refractivity contribution in [2.45, 2.75) is 38.8 Å². The number of ether oxygens (including phenoxy) is 1. The summed E-state index contributed by atoms with van der Waals surface area (Å²) in [5, 5.41) is 2.82. The average Bonchev–Trinajstić information content (AvgIpc) is 2.65. The SMILES string of the molecule is CC(C)[C@@H](N)C(=O)NCC1CCCO1. The lowest BCUT2D eigenvalue weighted by Crippen LogP contribution is -2.46. The summed E-state index contributed by atoms with van der Waals surface area (Å²) in [5.41, 5.74) is 5.69. The molecule has 0 spiro atoms. The van der Waals surface area contributed by atoms with E-state index in [0.29, 0.717) is 6.54 Å². The van der Waals surface area contributed by atoms with E-state index >= 15 is 0 Å². The fourth-order valence-corrected chi connectivity index (χ4v) is 1.44. The van der Waals surface area contributed by atoms with Crippen LogP contribution in [0.4, 0.5) is 0 Å². The molecule has 1 fully saturated rings. The first-order valence-corrected chi connectivity index (χ1v) is 5.26. The number of hydrogen-bond donors (Lipinski definition) is 2. The van der Waals surface area contributed by atoms with Crippen LogP contribution in [-0.2, 0) is 9.53 Å². The molecule has 4 nitrogen and oxygen atoms in total. The van der Waals surface area contributed by atoms with Gasteiger partial charge < -0.3 is 15.8 Å². The quantitative estimate of drug-likeness (QED) is 0.684. The minimum absolute atomic E-state index is 0.0736. The molecule has 1 rings (SSSR count). The normalized spacial score (nSPS) is 23.9. The Morgan fingerprint density at radius 2 is 2.36 bits per heavy atom. The molecule has 0 aliphatic carbocycles. The molecule has 0 saturated carbocycles. The van der Waals surface area contributed by atoms with Crippen molar-refractivity contribution in [1.29, 1.82) is 0 Å². The molecule has 1 heterocycles. The molecule has 14 heavy (non-hydrogen) atoms. The van der Waals surface area contributed by atoms with E-state index in [1.807, 2.05) is 13.8 Å². The van der Waals surface area contributed by atoms with Gasteiger partial charge in [0.15, 0.2) is 0 Å². The molecule has 0 bridgehead atoms. The van der Waals surface area contributed by atoms with Gasteiger partial charge in [0.2, 0.25) is 5.91 Å². The Kier molecular flexibility index (Phi) is 4.35. The van der Waals surface area contributed by atoms with Crippen molar-refractivity contribution in [2.75, 3.05) is 13.2 Å². The summed E-state index contributed by atoms with van der Waals surface area (Å²) in [7, 11) is 0. The predicted molar refractivity (Wildman–Crippen MR) is 54.8 cm³/mol. The third-order valence-electron chi connectivity index (χ3n) is 2.55. The maximum absolute atomic E-state index is 11.4. The minimum atomic E-state index is -0.406. The first-order chi connectivity index (χ1) is 6.61. The Labute approximate surface area is 85.2 Å². The van der Waals surface area contributed by atoms with Crippen molar-refractivity contribution in [3.63, 3.8) is 0 Å². The molecule has 0 aromatic heterocycles. The molecular weight excluding hydrogens is 180 g/mol. The molecule has 1 amide bonds. The van der Waals surface area contributed by atoms with E-state index in [0.717, 1.165) is 19.4 Å². The minimum Gasteiger partial charge on any atom is -0.376 e. The number of carbonyl (C=O) groups is 1. The van der Waals surface area contributed by atoms with Gasteiger partial charge in [-0.1, -0.05) is 13.8 Å². The largest absolute Gasteiger partial charge is 0.376 e. The Morgan fingerprint density at radius 1 is 1.64 bits per heavy atom. The second-order valence-electron chi connectivity index (χ2n) is 4.15. The highest BCUT2D eigenvalue weighted by Crippen LogP contribution is 2.10. The molecule has 82 valence electrons. The molecular formula is C10H20N2O2. The first-order valence-electron chi connectivity index (χ1n) is 5.26. The predicted octanol–water partition coefficient (Wildman–Crippen LogP) is 0.265. The number of rotatable bonds is 4. The van der Waals surface area contributed by atoms with Crippen molar-refractivity contribution in [1.82, 2.24) is 5.32 Å². The third kappa shape index (κ3) is 3.27. The molecule has 0 aromatic rings. The van der Waals surface area contributed by atoms with Crippen molar-refractivity contribution >= 4 is 5.91 Å². The third-order valence-corrected chi connectivity index (χ3v) is 2.55. The lowest BCUT2D eigenvalue weighted by atomic mass is 10.1. The lowest BCUT2D eigenvalue weighted by molar-refractivity contribution is -0.123. The monoisotopic (exact) mass is 200 g/mol. The van der Waals surface area contributed by atoms with E-state index in [4.69, 9.17) is 10.5 Å². The van der Waals surface area contributed by atoms with Crippen LogP contribution in [0.1, 0.15) is 26.7 Å². The highest BCUT2D eigenvalue weighted by Gasteiger charge is 2.20. The molecule has 0 aromatic carbocycles. The van der Waals surface area contributed by atoms with Crippen LogP contribution in [0, 0.1) is 5.92 Å². The van der Waals surface area contributed by atoms with Gasteiger partial charge in [-0.05, 0) is 18.8 Å². The molecule has 1 aliphatic rings. The van der Waals surface area contributed by atoms with Gasteiger partial charge in [-0.25, -0.2) is 0 Å². The maximum Gasteiger partial charge on any atom is 0.237 e. The maximum atomic E-state index is 11.4. The van der Waals surface area contributed by atoms with Crippen LogP contribution >= 0.6 is 0 Å². The molecule has 0 radical (unpaired) electrons. The van der Waals surface area contributed by atoms with Crippen molar-refractivity contribution in [3.8, 4) is 0 Å². The summed E-state index contributed by atoms with van der Waals surface area (Å²) in [5.74, 6) is 0.106. The van der Waals surface area contributed by atoms with Gasteiger partial charge >= 0.3 is 0 Å². The van der Waals surface area contributed by atoms with Gasteiger partial charge in [-0.3, -0.25) is 4.79 Å². The van der Waals surface area contributed by atoms with Gasteiger partial charge in [0, 0.05) is 13.2 Å². The number of amides is 1. The van der Waals surface area contributed by atoms with E-state index in [2.05, 4.69) is 5.32 Å². The summed E-state index contributed by atoms with van der Waals surface area (Å²) >= 11 is 0. The van der Waals surface area contributed by atoms with E-state index in [9.17, 15) is 4.79 Å². The van der Waals surface area contributed by atoms with Crippen LogP contribution in [0.5, 0.6) is 0 Å². The fraction of sp³-hybridized carbons (Fsp3) is 0.900. The zero-order valence-corrected chi connectivity index (χ0v) is 8.95. The lowest BCUT2D eigenvalue weighted by Gasteiger charge is -2.17. The Hall–Kier alpha value is -0.610. The molecule has 4 heteroatoms. The standard InChI is InChI=1S/C10H20N2O2/c1-7(2)9(11)10(13)12-6-8-4-3-5-14-8/h7-9H,3-6,11H2,1-2H3,(H,12,13)/t8?,9-/m1/s1. The van der Waals surface area contributed by atoms with Crippen LogP contribution in [0.2, 0.25) is 0 Å². The summed E-state index contributed by atoms with van der Waals surface area (Å²) in [6.07, 6.45) is 2.33. The average molecular weight is 200 g/mol. The van der Waals surface area contributed by atoms with Crippen molar-refractivity contribution in [3.05, 3.63) is 0 Å². The van der Waals surface area contributed by atoms with Crippen molar-refractivity contribution in [2.24, 2.45) is 11.7 Å². The Morgan fingerprint density at radius 3 is 2.86 bits per heavy atom. The van der Waals surface area contributed by atoms with Gasteiger partial charge in [0.05, 0.1) is 12.1 Å². The fourth-order valence-electron chi connectivity index (χ4n) is 1.44. The zero-order valence-electron chi connectivity index (χ0n) is 8.95. The van der Waals surface area contributed by atoms with E-state index in [-0.39, 0.29) is 17.9 Å². The zero-order chi connectivity index (χ0) is 10.6. The summed E-state index contributed by atoms with van der Waals surface area (Å²) in [6.45, 7) is 5.29. The van der Waals surface area contributed by atoms with Gasteiger partial charge in [0.1, 0.15) is 0 Å². The van der Waals surface area contributed by atoms with Crippen LogP contribution in [0.3, 0.4) is 0 Å². The number of nitrogens with one attached hydrogen (secondary N) is 1. The highest BCUT2D eigenvalue weighted by molar-refractivity contribution is 5.81. The second kappa shape index (κ2) is 5.32. The molecule has 3 N–H and O–H groups in total. The summed E-state index contributed by atoms with van der Waals surface area (Å²) in [4.78, 5) is 11.4. The van der Waals surface area contributed by atoms with Crippen LogP contribution in [0.15, 0.2) is 0 Å². The number of hydrogen-bond acceptors (Lipinski definition) is 3. The first kappa shape index (κ1) is 11.5. The highest BCUT2D eigenvalue weighted by atomic mass is 16.5. The van der Waals surface area contributed by atoms with Crippen molar-refractivity contribution < 1.29 is 9.53 Å².